The highest BCUT2D eigenvalue weighted by Gasteiger charge is 2.30. The lowest BCUT2D eigenvalue weighted by Crippen LogP contribution is -2.53. The molecule has 0 atom stereocenters. The van der Waals surface area contributed by atoms with Crippen molar-refractivity contribution >= 4 is 85.7 Å². The molecule has 7 aromatic rings. The molecule has 1 aliphatic heterocycles. The lowest BCUT2D eigenvalue weighted by atomic mass is 10.1. The molecule has 4 heteroatoms. The molecule has 0 radical (unpaired) electrons. The SMILES string of the molecule is C[Si]1(C)c2cccc(c2)N(c2ccc3ccccc3c2)c2cccc(c2Cl)N(c2ccc3ccccc3c2)c2cccc1c2. The molecule has 0 saturated heterocycles. The smallest absolute Gasteiger partial charge is 0.112 e. The van der Waals surface area contributed by atoms with Gasteiger partial charge in [0.1, 0.15) is 8.07 Å². The van der Waals surface area contributed by atoms with Gasteiger partial charge in [-0.2, -0.15) is 0 Å². The van der Waals surface area contributed by atoms with Crippen molar-refractivity contribution in [2.75, 3.05) is 9.80 Å². The van der Waals surface area contributed by atoms with Gasteiger partial charge in [-0.05, 0) is 82.2 Å². The first kappa shape index (κ1) is 26.8. The quantitative estimate of drug-likeness (QED) is 0.182. The summed E-state index contributed by atoms with van der Waals surface area (Å²) in [6.07, 6.45) is 0. The molecule has 0 amide bonds. The van der Waals surface area contributed by atoms with Crippen LogP contribution >= 0.6 is 11.6 Å². The minimum atomic E-state index is -2.08. The molecule has 0 aliphatic carbocycles. The van der Waals surface area contributed by atoms with Crippen LogP contribution in [0, 0.1) is 0 Å². The summed E-state index contributed by atoms with van der Waals surface area (Å²) in [6, 6.07) is 54.9. The molecule has 6 bridgehead atoms. The third-order valence-corrected chi connectivity index (χ3v) is 13.0. The molecule has 44 heavy (non-hydrogen) atoms. The highest BCUT2D eigenvalue weighted by atomic mass is 35.5. The van der Waals surface area contributed by atoms with Gasteiger partial charge in [-0.25, -0.2) is 0 Å². The van der Waals surface area contributed by atoms with Crippen LogP contribution in [0.2, 0.25) is 18.1 Å². The third kappa shape index (κ3) is 4.40. The molecule has 0 spiro atoms. The molecule has 8 rings (SSSR count). The zero-order valence-electron chi connectivity index (χ0n) is 24.7. The van der Waals surface area contributed by atoms with Gasteiger partial charge in [0.15, 0.2) is 0 Å². The van der Waals surface area contributed by atoms with E-state index in [2.05, 4.69) is 175 Å². The van der Waals surface area contributed by atoms with Gasteiger partial charge in [0.05, 0.1) is 16.4 Å². The van der Waals surface area contributed by atoms with Gasteiger partial charge in [0.2, 0.25) is 0 Å². The van der Waals surface area contributed by atoms with Crippen LogP contribution in [0.1, 0.15) is 0 Å². The fourth-order valence-electron chi connectivity index (χ4n) is 6.57. The number of benzene rings is 7. The van der Waals surface area contributed by atoms with Crippen molar-refractivity contribution in [2.45, 2.75) is 13.1 Å². The Labute approximate surface area is 264 Å². The number of hydrogen-bond donors (Lipinski definition) is 0. The van der Waals surface area contributed by atoms with E-state index in [4.69, 9.17) is 11.6 Å². The molecular formula is C40H31ClN2Si. The lowest BCUT2D eigenvalue weighted by molar-refractivity contribution is 1.25. The van der Waals surface area contributed by atoms with E-state index < -0.39 is 8.07 Å². The Bertz CT molecular complexity index is 2050. The van der Waals surface area contributed by atoms with Gasteiger partial charge in [-0.3, -0.25) is 0 Å². The second-order valence-corrected chi connectivity index (χ2v) is 16.9. The van der Waals surface area contributed by atoms with Gasteiger partial charge in [0, 0.05) is 22.7 Å². The number of hydrogen-bond acceptors (Lipinski definition) is 2. The normalized spacial score (nSPS) is 13.9. The Kier molecular flexibility index (Phi) is 6.33. The molecule has 7 aromatic carbocycles. The highest BCUT2D eigenvalue weighted by molar-refractivity contribution is 7.00. The van der Waals surface area contributed by atoms with Crippen LogP contribution in [-0.4, -0.2) is 8.07 Å². The fraction of sp³-hybridized carbons (Fsp3) is 0.0500. The van der Waals surface area contributed by atoms with Gasteiger partial charge < -0.3 is 9.80 Å². The lowest BCUT2D eigenvalue weighted by Gasteiger charge is -2.34. The Balaban J connectivity index is 1.44. The molecule has 1 aliphatic rings. The van der Waals surface area contributed by atoms with E-state index >= 15 is 0 Å². The van der Waals surface area contributed by atoms with Crippen LogP contribution in [0.3, 0.4) is 0 Å². The van der Waals surface area contributed by atoms with E-state index in [1.54, 1.807) is 0 Å². The van der Waals surface area contributed by atoms with E-state index in [-0.39, 0.29) is 0 Å². The maximum atomic E-state index is 7.57. The van der Waals surface area contributed by atoms with Crippen molar-refractivity contribution in [1.82, 2.24) is 0 Å². The molecule has 1 heterocycles. The van der Waals surface area contributed by atoms with Crippen molar-refractivity contribution in [1.29, 1.82) is 0 Å². The number of fused-ring (bicyclic) bond motifs is 8. The van der Waals surface area contributed by atoms with Crippen LogP contribution < -0.4 is 20.2 Å². The van der Waals surface area contributed by atoms with E-state index in [9.17, 15) is 0 Å². The Morgan fingerprint density at radius 3 is 1.30 bits per heavy atom. The summed E-state index contributed by atoms with van der Waals surface area (Å²) in [4.78, 5) is 4.64. The van der Waals surface area contributed by atoms with Gasteiger partial charge in [-0.1, -0.05) is 126 Å². The van der Waals surface area contributed by atoms with Crippen molar-refractivity contribution < 1.29 is 0 Å². The third-order valence-electron chi connectivity index (χ3n) is 9.07. The minimum absolute atomic E-state index is 0.696. The van der Waals surface area contributed by atoms with Crippen LogP contribution in [0.25, 0.3) is 21.5 Å². The van der Waals surface area contributed by atoms with Crippen molar-refractivity contribution in [3.63, 3.8) is 0 Å². The van der Waals surface area contributed by atoms with Crippen molar-refractivity contribution in [3.05, 3.63) is 157 Å². The second-order valence-electron chi connectivity index (χ2n) is 12.1. The summed E-state index contributed by atoms with van der Waals surface area (Å²) < 4.78 is 0. The van der Waals surface area contributed by atoms with Crippen LogP contribution in [0.15, 0.2) is 152 Å². The summed E-state index contributed by atoms with van der Waals surface area (Å²) in [5, 5.41) is 8.28. The first-order valence-corrected chi connectivity index (χ1v) is 18.4. The standard InChI is InChI=1S/C40H31ClN2Si/c1-44(2)36-16-7-14-32(26-36)42(34-22-20-28-10-3-5-12-30(28)24-34)38-18-9-19-39(40(38)41)43(33-15-8-17-37(44)27-33)35-23-21-29-11-4-6-13-31(29)25-35/h3-27H,1-2H3. The maximum absolute atomic E-state index is 7.57. The number of halogens is 1. The Morgan fingerprint density at radius 2 is 0.818 bits per heavy atom. The predicted molar refractivity (Wildman–Crippen MR) is 193 cm³/mol. The summed E-state index contributed by atoms with van der Waals surface area (Å²) in [5.74, 6) is 0. The molecular weight excluding hydrogens is 572 g/mol. The van der Waals surface area contributed by atoms with Crippen LogP contribution in [0.4, 0.5) is 34.1 Å². The van der Waals surface area contributed by atoms with Gasteiger partial charge >= 0.3 is 0 Å². The van der Waals surface area contributed by atoms with Crippen LogP contribution in [-0.2, 0) is 0 Å². The molecule has 0 saturated carbocycles. The van der Waals surface area contributed by atoms with E-state index in [1.165, 1.54) is 31.9 Å². The summed E-state index contributed by atoms with van der Waals surface area (Å²) in [5.41, 5.74) is 6.24. The van der Waals surface area contributed by atoms with E-state index in [0.717, 1.165) is 34.1 Å². The number of nitrogens with zero attached hydrogens (tertiary/aromatic N) is 2. The minimum Gasteiger partial charge on any atom is -0.309 e. The summed E-state index contributed by atoms with van der Waals surface area (Å²) >= 11 is 7.57. The highest BCUT2D eigenvalue weighted by Crippen LogP contribution is 2.47. The first-order valence-electron chi connectivity index (χ1n) is 15.0. The Morgan fingerprint density at radius 1 is 0.409 bits per heavy atom. The summed E-state index contributed by atoms with van der Waals surface area (Å²) in [6.45, 7) is 4.90. The molecule has 212 valence electrons. The molecule has 0 unspecified atom stereocenters. The maximum Gasteiger partial charge on any atom is 0.112 e. The topological polar surface area (TPSA) is 6.48 Å². The first-order chi connectivity index (χ1) is 21.5. The van der Waals surface area contributed by atoms with Crippen molar-refractivity contribution in [2.24, 2.45) is 0 Å². The average Bonchev–Trinajstić information content (AvgIpc) is 3.06. The Hall–Kier alpha value is -4.83. The number of rotatable bonds is 2. The second kappa shape index (κ2) is 10.4. The molecule has 2 nitrogen and oxygen atoms in total. The van der Waals surface area contributed by atoms with E-state index in [1.807, 2.05) is 0 Å². The number of anilines is 6. The van der Waals surface area contributed by atoms with E-state index in [0.29, 0.717) is 5.02 Å². The fourth-order valence-corrected chi connectivity index (χ4v) is 9.25. The largest absolute Gasteiger partial charge is 0.309 e. The van der Waals surface area contributed by atoms with Crippen LogP contribution in [0.5, 0.6) is 0 Å². The molecule has 0 aromatic heterocycles. The average molecular weight is 603 g/mol. The molecule has 0 fully saturated rings. The molecule has 0 N–H and O–H groups in total. The van der Waals surface area contributed by atoms with Crippen molar-refractivity contribution in [3.8, 4) is 0 Å². The van der Waals surface area contributed by atoms with Gasteiger partial charge in [0.25, 0.3) is 0 Å². The zero-order valence-corrected chi connectivity index (χ0v) is 26.5. The zero-order chi connectivity index (χ0) is 29.8. The monoisotopic (exact) mass is 602 g/mol. The predicted octanol–water partition coefficient (Wildman–Crippen LogP) is 10.7. The summed E-state index contributed by atoms with van der Waals surface area (Å²) in [7, 11) is -2.08. The van der Waals surface area contributed by atoms with Gasteiger partial charge in [-0.15, -0.1) is 0 Å².